The number of amides is 2. The van der Waals surface area contributed by atoms with Gasteiger partial charge in [0.25, 0.3) is 17.4 Å². The maximum Gasteiger partial charge on any atom is 0.288 e. The summed E-state index contributed by atoms with van der Waals surface area (Å²) in [6.45, 7) is -0.257. The normalized spacial score (nSPS) is 10.7. The highest BCUT2D eigenvalue weighted by Crippen LogP contribution is 2.11. The summed E-state index contributed by atoms with van der Waals surface area (Å²) in [5.74, 6) is -1.10. The number of hydrogen-bond acceptors (Lipinski definition) is 5. The first kappa shape index (κ1) is 17.3. The van der Waals surface area contributed by atoms with Gasteiger partial charge in [0.2, 0.25) is 0 Å². The fraction of sp³-hybridized carbons (Fsp3) is 0.0500. The molecule has 138 valence electrons. The maximum absolute atomic E-state index is 12.3. The molecule has 0 aliphatic rings. The van der Waals surface area contributed by atoms with Gasteiger partial charge in [-0.3, -0.25) is 29.8 Å². The lowest BCUT2D eigenvalue weighted by Crippen LogP contribution is -2.44. The molecule has 0 atom stereocenters. The van der Waals surface area contributed by atoms with Crippen LogP contribution in [0.3, 0.4) is 0 Å². The van der Waals surface area contributed by atoms with Crippen molar-refractivity contribution in [3.8, 4) is 0 Å². The van der Waals surface area contributed by atoms with Crippen LogP contribution < -0.4 is 16.4 Å². The van der Waals surface area contributed by atoms with Crippen molar-refractivity contribution in [1.82, 2.24) is 25.4 Å². The molecule has 2 N–H and O–H groups in total. The van der Waals surface area contributed by atoms with E-state index < -0.39 is 17.4 Å². The molecule has 0 radical (unpaired) electrons. The first-order chi connectivity index (χ1) is 13.6. The molecule has 0 unspecified atom stereocenters. The van der Waals surface area contributed by atoms with Crippen LogP contribution in [0.25, 0.3) is 21.9 Å². The number of fused-ring (bicyclic) bond motifs is 2. The van der Waals surface area contributed by atoms with Crippen molar-refractivity contribution in [3.05, 3.63) is 82.9 Å². The molecule has 2 aromatic carbocycles. The summed E-state index contributed by atoms with van der Waals surface area (Å²) in [6, 6.07) is 17.8. The highest BCUT2D eigenvalue weighted by atomic mass is 16.2. The summed E-state index contributed by atoms with van der Waals surface area (Å²) < 4.78 is 1.29. The Morgan fingerprint density at radius 1 is 0.893 bits per heavy atom. The van der Waals surface area contributed by atoms with Gasteiger partial charge in [-0.1, -0.05) is 36.4 Å². The van der Waals surface area contributed by atoms with Crippen molar-refractivity contribution in [2.24, 2.45) is 0 Å². The molecule has 0 bridgehead atoms. The summed E-state index contributed by atoms with van der Waals surface area (Å²) in [5, 5.41) is 0.909. The maximum atomic E-state index is 12.3. The van der Waals surface area contributed by atoms with E-state index in [9.17, 15) is 14.4 Å². The van der Waals surface area contributed by atoms with Crippen molar-refractivity contribution >= 4 is 33.8 Å². The lowest BCUT2D eigenvalue weighted by Gasteiger charge is -2.11. The summed E-state index contributed by atoms with van der Waals surface area (Å²) in [4.78, 5) is 44.9. The van der Waals surface area contributed by atoms with Gasteiger partial charge in [-0.05, 0) is 24.3 Å². The van der Waals surface area contributed by atoms with Crippen LogP contribution in [0.15, 0.2) is 71.7 Å². The van der Waals surface area contributed by atoms with E-state index in [1.807, 2.05) is 18.2 Å². The van der Waals surface area contributed by atoms with E-state index in [1.54, 1.807) is 42.5 Å². The second-order valence-electron chi connectivity index (χ2n) is 6.06. The number of aromatic nitrogens is 3. The van der Waals surface area contributed by atoms with Gasteiger partial charge in [-0.2, -0.15) is 0 Å². The number of nitrogens with zero attached hydrogens (tertiary/aromatic N) is 3. The minimum Gasteiger partial charge on any atom is -0.296 e. The van der Waals surface area contributed by atoms with Crippen molar-refractivity contribution in [2.75, 3.05) is 0 Å². The van der Waals surface area contributed by atoms with E-state index >= 15 is 0 Å². The van der Waals surface area contributed by atoms with E-state index in [0.29, 0.717) is 16.6 Å². The number of carbonyl (C=O) groups excluding carboxylic acids is 2. The SMILES string of the molecule is O=C(Cn1c(=O)cnc2ccccc21)NNC(=O)c1ccc2ccccc2n1. The second-order valence-corrected chi connectivity index (χ2v) is 6.06. The zero-order valence-electron chi connectivity index (χ0n) is 14.6. The van der Waals surface area contributed by atoms with Crippen LogP contribution in [0.5, 0.6) is 0 Å². The summed E-state index contributed by atoms with van der Waals surface area (Å²) >= 11 is 0. The zero-order chi connectivity index (χ0) is 19.5. The average Bonchev–Trinajstić information content (AvgIpc) is 2.73. The molecule has 0 fully saturated rings. The molecule has 4 rings (SSSR count). The van der Waals surface area contributed by atoms with Gasteiger partial charge in [-0.25, -0.2) is 9.97 Å². The van der Waals surface area contributed by atoms with Gasteiger partial charge in [0.1, 0.15) is 12.2 Å². The third-order valence-corrected chi connectivity index (χ3v) is 4.20. The number of pyridine rings is 1. The van der Waals surface area contributed by atoms with Crippen LogP contribution >= 0.6 is 0 Å². The van der Waals surface area contributed by atoms with Crippen LogP contribution in [0.1, 0.15) is 10.5 Å². The smallest absolute Gasteiger partial charge is 0.288 e. The van der Waals surface area contributed by atoms with Crippen molar-refractivity contribution in [1.29, 1.82) is 0 Å². The number of nitrogens with one attached hydrogen (secondary N) is 2. The molecule has 0 aliphatic carbocycles. The standard InChI is InChI=1S/C20H15N5O3/c26-18(12-25-17-8-4-3-7-15(17)21-11-19(25)27)23-24-20(28)16-10-9-13-5-1-2-6-14(13)22-16/h1-11H,12H2,(H,23,26)(H,24,28). The minimum atomic E-state index is -0.550. The third-order valence-electron chi connectivity index (χ3n) is 4.20. The topological polar surface area (TPSA) is 106 Å². The molecule has 8 heteroatoms. The fourth-order valence-corrected chi connectivity index (χ4v) is 2.84. The Labute approximate surface area is 158 Å². The predicted molar refractivity (Wildman–Crippen MR) is 103 cm³/mol. The van der Waals surface area contributed by atoms with Gasteiger partial charge in [0.05, 0.1) is 22.7 Å². The largest absolute Gasteiger partial charge is 0.296 e. The molecule has 2 heterocycles. The van der Waals surface area contributed by atoms with E-state index in [0.717, 1.165) is 11.6 Å². The van der Waals surface area contributed by atoms with Crippen LogP contribution in [0, 0.1) is 0 Å². The number of hydrazine groups is 1. The van der Waals surface area contributed by atoms with Gasteiger partial charge >= 0.3 is 0 Å². The van der Waals surface area contributed by atoms with Crippen molar-refractivity contribution in [3.63, 3.8) is 0 Å². The Morgan fingerprint density at radius 3 is 2.50 bits per heavy atom. The van der Waals surface area contributed by atoms with Crippen LogP contribution in [0.4, 0.5) is 0 Å². The lowest BCUT2D eigenvalue weighted by atomic mass is 10.2. The van der Waals surface area contributed by atoms with E-state index in [1.165, 1.54) is 4.57 Å². The molecule has 2 amide bonds. The van der Waals surface area contributed by atoms with Crippen molar-refractivity contribution < 1.29 is 9.59 Å². The third kappa shape index (κ3) is 3.43. The molecule has 2 aromatic heterocycles. The number of rotatable bonds is 3. The number of hydrogen-bond donors (Lipinski definition) is 2. The Hall–Kier alpha value is -4.07. The van der Waals surface area contributed by atoms with Gasteiger partial charge in [-0.15, -0.1) is 0 Å². The first-order valence-electron chi connectivity index (χ1n) is 8.51. The van der Waals surface area contributed by atoms with Gasteiger partial charge in [0, 0.05) is 5.39 Å². The van der Waals surface area contributed by atoms with E-state index in [2.05, 4.69) is 20.8 Å². The molecule has 0 saturated heterocycles. The zero-order valence-corrected chi connectivity index (χ0v) is 14.6. The highest BCUT2D eigenvalue weighted by Gasteiger charge is 2.12. The van der Waals surface area contributed by atoms with Crippen LogP contribution in [-0.2, 0) is 11.3 Å². The summed E-state index contributed by atoms with van der Waals surface area (Å²) in [5.41, 5.74) is 6.20. The molecular weight excluding hydrogens is 358 g/mol. The molecule has 0 saturated carbocycles. The number of para-hydroxylation sites is 3. The first-order valence-corrected chi connectivity index (χ1v) is 8.51. The molecule has 28 heavy (non-hydrogen) atoms. The fourth-order valence-electron chi connectivity index (χ4n) is 2.84. The Bertz CT molecular complexity index is 1270. The quantitative estimate of drug-likeness (QED) is 0.528. The van der Waals surface area contributed by atoms with E-state index in [-0.39, 0.29) is 12.2 Å². The summed E-state index contributed by atoms with van der Waals surface area (Å²) in [6.07, 6.45) is 1.16. The van der Waals surface area contributed by atoms with Gasteiger partial charge in [0.15, 0.2) is 0 Å². The molecule has 0 spiro atoms. The predicted octanol–water partition coefficient (Wildman–Crippen LogP) is 1.41. The van der Waals surface area contributed by atoms with Crippen LogP contribution in [0.2, 0.25) is 0 Å². The molecular formula is C20H15N5O3. The molecule has 4 aromatic rings. The molecule has 0 aliphatic heterocycles. The lowest BCUT2D eigenvalue weighted by molar-refractivity contribution is -0.122. The van der Waals surface area contributed by atoms with Crippen LogP contribution in [-0.4, -0.2) is 26.3 Å². The summed E-state index contributed by atoms with van der Waals surface area (Å²) in [7, 11) is 0. The second kappa shape index (κ2) is 7.28. The minimum absolute atomic E-state index is 0.172. The Morgan fingerprint density at radius 2 is 1.64 bits per heavy atom. The Kier molecular flexibility index (Phi) is 4.51. The number of benzene rings is 2. The molecule has 8 nitrogen and oxygen atoms in total. The highest BCUT2D eigenvalue weighted by molar-refractivity contribution is 5.96. The Balaban J connectivity index is 1.46. The van der Waals surface area contributed by atoms with E-state index in [4.69, 9.17) is 0 Å². The number of carbonyl (C=O) groups is 2. The monoisotopic (exact) mass is 373 g/mol. The van der Waals surface area contributed by atoms with Gasteiger partial charge < -0.3 is 0 Å². The average molecular weight is 373 g/mol. The van der Waals surface area contributed by atoms with Crippen molar-refractivity contribution in [2.45, 2.75) is 6.54 Å².